The van der Waals surface area contributed by atoms with Gasteiger partial charge in [-0.3, -0.25) is 0 Å². The third-order valence-electron chi connectivity index (χ3n) is 3.36. The van der Waals surface area contributed by atoms with Crippen molar-refractivity contribution in [3.05, 3.63) is 35.4 Å². The molecule has 0 amide bonds. The Morgan fingerprint density at radius 1 is 1.12 bits per heavy atom. The Hall–Kier alpha value is -1.36. The molecule has 1 fully saturated rings. The molecule has 0 aliphatic heterocycles. The van der Waals surface area contributed by atoms with Crippen molar-refractivity contribution in [1.82, 2.24) is 0 Å². The summed E-state index contributed by atoms with van der Waals surface area (Å²) in [5.74, 6) is 5.97. The number of hydrogen-bond acceptors (Lipinski definition) is 0. The van der Waals surface area contributed by atoms with E-state index in [1.54, 1.807) is 0 Å². The minimum Gasteiger partial charge on any atom is -0.207 e. The topological polar surface area (TPSA) is 0 Å². The quantitative estimate of drug-likeness (QED) is 0.592. The van der Waals surface area contributed by atoms with Crippen LogP contribution < -0.4 is 0 Å². The molecule has 90 valence electrons. The number of halogens is 2. The minimum atomic E-state index is -0.568. The molecule has 0 saturated heterocycles. The molecule has 0 bridgehead atoms. The Bertz CT molecular complexity index is 446. The highest BCUT2D eigenvalue weighted by atomic mass is 19.1. The molecule has 0 atom stereocenters. The monoisotopic (exact) mass is 234 g/mol. The van der Waals surface area contributed by atoms with E-state index in [2.05, 4.69) is 18.8 Å². The molecule has 2 rings (SSSR count). The van der Waals surface area contributed by atoms with Crippen LogP contribution in [0, 0.1) is 35.3 Å². The van der Waals surface area contributed by atoms with Gasteiger partial charge in [-0.25, -0.2) is 8.78 Å². The molecule has 2 heteroatoms. The summed E-state index contributed by atoms with van der Waals surface area (Å²) < 4.78 is 26.0. The lowest BCUT2D eigenvalue weighted by Crippen LogP contribution is -2.10. The average molecular weight is 234 g/mol. The zero-order valence-corrected chi connectivity index (χ0v) is 9.97. The lowest BCUT2D eigenvalue weighted by Gasteiger charge is -2.21. The fourth-order valence-electron chi connectivity index (χ4n) is 2.18. The third kappa shape index (κ3) is 3.30. The van der Waals surface area contributed by atoms with E-state index in [4.69, 9.17) is 0 Å². The number of benzene rings is 1. The van der Waals surface area contributed by atoms with Crippen molar-refractivity contribution >= 4 is 0 Å². The molecule has 0 N–H and O–H groups in total. The van der Waals surface area contributed by atoms with Gasteiger partial charge in [0.2, 0.25) is 0 Å². The zero-order chi connectivity index (χ0) is 12.3. The summed E-state index contributed by atoms with van der Waals surface area (Å²) in [6, 6.07) is 3.53. The number of hydrogen-bond donors (Lipinski definition) is 0. The van der Waals surface area contributed by atoms with Gasteiger partial charge in [-0.15, -0.1) is 0 Å². The van der Waals surface area contributed by atoms with Crippen LogP contribution in [-0.2, 0) is 0 Å². The van der Waals surface area contributed by atoms with E-state index < -0.39 is 11.6 Å². The van der Waals surface area contributed by atoms with Gasteiger partial charge in [0.15, 0.2) is 0 Å². The first-order valence-corrected chi connectivity index (χ1v) is 6.12. The standard InChI is InChI=1S/C15H16F2/c1-11-2-4-12(5-3-11)6-7-13-8-9-14(16)10-15(13)17/h8-12H,2-5H2,1H3/t11-,12-. The van der Waals surface area contributed by atoms with Crippen LogP contribution >= 0.6 is 0 Å². The lowest BCUT2D eigenvalue weighted by atomic mass is 9.83. The van der Waals surface area contributed by atoms with Crippen molar-refractivity contribution < 1.29 is 8.78 Å². The molecule has 0 unspecified atom stereocenters. The molecule has 1 aromatic rings. The van der Waals surface area contributed by atoms with Crippen molar-refractivity contribution in [2.75, 3.05) is 0 Å². The fourth-order valence-corrected chi connectivity index (χ4v) is 2.18. The highest BCUT2D eigenvalue weighted by Crippen LogP contribution is 2.27. The second-order valence-corrected chi connectivity index (χ2v) is 4.85. The van der Waals surface area contributed by atoms with Gasteiger partial charge in [0.1, 0.15) is 11.6 Å². The SMILES string of the molecule is C[C@H]1CC[C@H](C#Cc2ccc(F)cc2F)CC1. The van der Waals surface area contributed by atoms with Gasteiger partial charge in [0, 0.05) is 12.0 Å². The van der Waals surface area contributed by atoms with Crippen molar-refractivity contribution in [2.45, 2.75) is 32.6 Å². The molecular weight excluding hydrogens is 218 g/mol. The first-order chi connectivity index (χ1) is 8.15. The fraction of sp³-hybridized carbons (Fsp3) is 0.467. The van der Waals surface area contributed by atoms with Crippen molar-refractivity contribution in [3.63, 3.8) is 0 Å². The largest absolute Gasteiger partial charge is 0.207 e. The third-order valence-corrected chi connectivity index (χ3v) is 3.36. The van der Waals surface area contributed by atoms with Crippen molar-refractivity contribution in [3.8, 4) is 11.8 Å². The van der Waals surface area contributed by atoms with Gasteiger partial charge in [-0.05, 0) is 43.7 Å². The molecular formula is C15H16F2. The van der Waals surface area contributed by atoms with Crippen LogP contribution in [0.4, 0.5) is 8.78 Å². The smallest absolute Gasteiger partial charge is 0.141 e. The Morgan fingerprint density at radius 3 is 2.47 bits per heavy atom. The normalized spacial score (nSPS) is 23.9. The maximum Gasteiger partial charge on any atom is 0.141 e. The first-order valence-electron chi connectivity index (χ1n) is 6.12. The molecule has 0 heterocycles. The zero-order valence-electron chi connectivity index (χ0n) is 9.97. The first kappa shape index (κ1) is 12.1. The van der Waals surface area contributed by atoms with Gasteiger partial charge in [-0.1, -0.05) is 18.8 Å². The Labute approximate surface area is 101 Å². The highest BCUT2D eigenvalue weighted by molar-refractivity contribution is 5.36. The van der Waals surface area contributed by atoms with Gasteiger partial charge in [0.25, 0.3) is 0 Å². The summed E-state index contributed by atoms with van der Waals surface area (Å²) in [5, 5.41) is 0. The molecule has 1 aromatic carbocycles. The summed E-state index contributed by atoms with van der Waals surface area (Å²) in [7, 11) is 0. The molecule has 0 spiro atoms. The molecule has 17 heavy (non-hydrogen) atoms. The molecule has 0 radical (unpaired) electrons. The van der Waals surface area contributed by atoms with Gasteiger partial charge in [-0.2, -0.15) is 0 Å². The van der Waals surface area contributed by atoms with Gasteiger partial charge in [0.05, 0.1) is 5.56 Å². The van der Waals surface area contributed by atoms with Crippen molar-refractivity contribution in [2.24, 2.45) is 11.8 Å². The van der Waals surface area contributed by atoms with Crippen molar-refractivity contribution in [1.29, 1.82) is 0 Å². The molecule has 0 nitrogen and oxygen atoms in total. The van der Waals surface area contributed by atoms with E-state index >= 15 is 0 Å². The van der Waals surface area contributed by atoms with E-state index in [-0.39, 0.29) is 0 Å². The van der Waals surface area contributed by atoms with Crippen LogP contribution in [0.15, 0.2) is 18.2 Å². The number of rotatable bonds is 0. The summed E-state index contributed by atoms with van der Waals surface area (Å²) in [5.41, 5.74) is 0.296. The van der Waals surface area contributed by atoms with Crippen LogP contribution in [0.5, 0.6) is 0 Å². The van der Waals surface area contributed by atoms with E-state index in [0.717, 1.165) is 24.8 Å². The predicted octanol–water partition coefficient (Wildman–Crippen LogP) is 4.14. The highest BCUT2D eigenvalue weighted by Gasteiger charge is 2.16. The maximum atomic E-state index is 13.3. The van der Waals surface area contributed by atoms with Crippen LogP contribution in [0.25, 0.3) is 0 Å². The lowest BCUT2D eigenvalue weighted by molar-refractivity contribution is 0.337. The summed E-state index contributed by atoms with van der Waals surface area (Å²) >= 11 is 0. The Balaban J connectivity index is 2.05. The summed E-state index contributed by atoms with van der Waals surface area (Å²) in [6.45, 7) is 2.25. The van der Waals surface area contributed by atoms with Gasteiger partial charge >= 0.3 is 0 Å². The molecule has 1 aliphatic rings. The van der Waals surface area contributed by atoms with Crippen LogP contribution in [0.2, 0.25) is 0 Å². The van der Waals surface area contributed by atoms with E-state index in [0.29, 0.717) is 11.5 Å². The minimum absolute atomic E-state index is 0.296. The average Bonchev–Trinajstić information content (AvgIpc) is 2.30. The van der Waals surface area contributed by atoms with Crippen LogP contribution in [-0.4, -0.2) is 0 Å². The van der Waals surface area contributed by atoms with E-state index in [1.165, 1.54) is 25.0 Å². The van der Waals surface area contributed by atoms with E-state index in [1.807, 2.05) is 0 Å². The predicted molar refractivity (Wildman–Crippen MR) is 64.4 cm³/mol. The second kappa shape index (κ2) is 5.31. The Kier molecular flexibility index (Phi) is 3.78. The Morgan fingerprint density at radius 2 is 1.82 bits per heavy atom. The maximum absolute atomic E-state index is 13.3. The molecule has 0 aromatic heterocycles. The molecule has 1 aliphatic carbocycles. The second-order valence-electron chi connectivity index (χ2n) is 4.85. The summed E-state index contributed by atoms with van der Waals surface area (Å²) in [4.78, 5) is 0. The van der Waals surface area contributed by atoms with Gasteiger partial charge < -0.3 is 0 Å². The van der Waals surface area contributed by atoms with Crippen LogP contribution in [0.3, 0.4) is 0 Å². The summed E-state index contributed by atoms with van der Waals surface area (Å²) in [6.07, 6.45) is 4.59. The van der Waals surface area contributed by atoms with E-state index in [9.17, 15) is 8.78 Å². The van der Waals surface area contributed by atoms with Crippen LogP contribution in [0.1, 0.15) is 38.2 Å². The molecule has 1 saturated carbocycles.